The Balaban J connectivity index is 1.65. The summed E-state index contributed by atoms with van der Waals surface area (Å²) in [7, 11) is -3.50. The maximum absolute atomic E-state index is 12.8. The number of halogens is 1. The molecule has 0 aliphatic carbocycles. The van der Waals surface area contributed by atoms with Gasteiger partial charge in [0.2, 0.25) is 10.0 Å². The fourth-order valence-corrected chi connectivity index (χ4v) is 6.08. The second-order valence-electron chi connectivity index (χ2n) is 7.18. The fraction of sp³-hybridized carbons (Fsp3) is 0.318. The van der Waals surface area contributed by atoms with Crippen molar-refractivity contribution in [2.24, 2.45) is 4.99 Å². The highest BCUT2D eigenvalue weighted by molar-refractivity contribution is 9.10. The van der Waals surface area contributed by atoms with E-state index in [1.807, 2.05) is 12.1 Å². The highest BCUT2D eigenvalue weighted by Gasteiger charge is 2.26. The maximum atomic E-state index is 12.8. The van der Waals surface area contributed by atoms with Crippen LogP contribution in [0, 0.1) is 0 Å². The summed E-state index contributed by atoms with van der Waals surface area (Å²) in [6.07, 6.45) is 0.990. The first kappa shape index (κ1) is 22.4. The first-order valence-electron chi connectivity index (χ1n) is 10.2. The van der Waals surface area contributed by atoms with E-state index in [1.54, 1.807) is 35.6 Å². The van der Waals surface area contributed by atoms with E-state index in [2.05, 4.69) is 44.9 Å². The molecule has 0 radical (unpaired) electrons. The number of nitrogens with zero attached hydrogens (tertiary/aromatic N) is 3. The van der Waals surface area contributed by atoms with E-state index in [1.165, 1.54) is 4.31 Å². The molecule has 1 aliphatic rings. The molecule has 31 heavy (non-hydrogen) atoms. The van der Waals surface area contributed by atoms with Gasteiger partial charge in [0.1, 0.15) is 0 Å². The summed E-state index contributed by atoms with van der Waals surface area (Å²) >= 11 is 5.07. The number of thiazole rings is 1. The minimum absolute atomic E-state index is 0.288. The Hall–Kier alpha value is -1.78. The molecule has 0 unspecified atom stereocenters. The first-order valence-corrected chi connectivity index (χ1v) is 13.3. The zero-order chi connectivity index (χ0) is 21.8. The van der Waals surface area contributed by atoms with Crippen LogP contribution in [-0.4, -0.2) is 43.6 Å². The lowest BCUT2D eigenvalue weighted by Crippen LogP contribution is -2.40. The molecule has 0 N–H and O–H groups in total. The molecular weight excluding hydrogens is 498 g/mol. The number of ether oxygens (including phenoxy) is 1. The van der Waals surface area contributed by atoms with Crippen molar-refractivity contribution < 1.29 is 13.2 Å². The van der Waals surface area contributed by atoms with Gasteiger partial charge in [-0.3, -0.25) is 0 Å². The number of benzene rings is 2. The van der Waals surface area contributed by atoms with Crippen molar-refractivity contribution in [3.05, 3.63) is 63.2 Å². The van der Waals surface area contributed by atoms with E-state index in [0.717, 1.165) is 39.2 Å². The number of morpholine rings is 1. The summed E-state index contributed by atoms with van der Waals surface area (Å²) in [6.45, 7) is 4.65. The molecule has 1 aliphatic heterocycles. The zero-order valence-corrected chi connectivity index (χ0v) is 20.4. The van der Waals surface area contributed by atoms with Gasteiger partial charge in [-0.2, -0.15) is 4.31 Å². The number of hydrogen-bond acceptors (Lipinski definition) is 5. The van der Waals surface area contributed by atoms with Gasteiger partial charge in [-0.1, -0.05) is 35.0 Å². The Morgan fingerprint density at radius 1 is 1.06 bits per heavy atom. The third-order valence-corrected chi connectivity index (χ3v) is 8.36. The van der Waals surface area contributed by atoms with Crippen molar-refractivity contribution in [2.45, 2.75) is 24.8 Å². The number of hydrogen-bond donors (Lipinski definition) is 0. The Labute approximate surface area is 195 Å². The Bertz CT molecular complexity index is 1190. The van der Waals surface area contributed by atoms with Crippen LogP contribution in [0.15, 0.2) is 68.3 Å². The summed E-state index contributed by atoms with van der Waals surface area (Å²) in [5.74, 6) is 0. The predicted octanol–water partition coefficient (Wildman–Crippen LogP) is 4.64. The molecule has 164 valence electrons. The van der Waals surface area contributed by atoms with Crippen LogP contribution < -0.4 is 4.80 Å². The van der Waals surface area contributed by atoms with Crippen molar-refractivity contribution in [1.29, 1.82) is 0 Å². The van der Waals surface area contributed by atoms with Gasteiger partial charge in [0.25, 0.3) is 0 Å². The van der Waals surface area contributed by atoms with E-state index < -0.39 is 10.0 Å². The van der Waals surface area contributed by atoms with E-state index >= 15 is 0 Å². The van der Waals surface area contributed by atoms with Gasteiger partial charge in [0.15, 0.2) is 4.80 Å². The van der Waals surface area contributed by atoms with Gasteiger partial charge >= 0.3 is 0 Å². The summed E-state index contributed by atoms with van der Waals surface area (Å²) in [5.41, 5.74) is 3.00. The lowest BCUT2D eigenvalue weighted by molar-refractivity contribution is 0.0730. The fourth-order valence-electron chi connectivity index (χ4n) is 3.45. The minimum Gasteiger partial charge on any atom is -0.379 e. The zero-order valence-electron chi connectivity index (χ0n) is 17.2. The minimum atomic E-state index is -3.50. The molecule has 0 spiro atoms. The van der Waals surface area contributed by atoms with Crippen LogP contribution in [0.1, 0.15) is 13.3 Å². The van der Waals surface area contributed by atoms with Crippen molar-refractivity contribution in [3.63, 3.8) is 0 Å². The average Bonchev–Trinajstić information content (AvgIpc) is 3.18. The van der Waals surface area contributed by atoms with E-state index in [4.69, 9.17) is 9.73 Å². The Morgan fingerprint density at radius 3 is 2.39 bits per heavy atom. The van der Waals surface area contributed by atoms with Gasteiger partial charge in [-0.15, -0.1) is 11.3 Å². The lowest BCUT2D eigenvalue weighted by Gasteiger charge is -2.26. The largest absolute Gasteiger partial charge is 0.379 e. The van der Waals surface area contributed by atoms with Crippen LogP contribution in [-0.2, 0) is 21.3 Å². The van der Waals surface area contributed by atoms with Crippen LogP contribution in [0.4, 0.5) is 5.69 Å². The molecule has 0 saturated carbocycles. The molecule has 1 saturated heterocycles. The summed E-state index contributed by atoms with van der Waals surface area (Å²) in [5, 5.41) is 2.12. The van der Waals surface area contributed by atoms with E-state index in [-0.39, 0.29) is 4.90 Å². The monoisotopic (exact) mass is 521 g/mol. The molecule has 2 heterocycles. The third-order valence-electron chi connectivity index (χ3n) is 5.05. The standard InChI is InChI=1S/C22H24BrN3O3S2/c1-2-11-26-21(17-3-5-18(23)6-4-17)16-30-22(26)24-19-7-9-20(10-8-19)31(27,28)25-12-14-29-15-13-25/h3-10,16H,2,11-15H2,1H3. The van der Waals surface area contributed by atoms with Crippen LogP contribution in [0.5, 0.6) is 0 Å². The molecule has 3 aromatic rings. The van der Waals surface area contributed by atoms with Crippen molar-refractivity contribution in [1.82, 2.24) is 8.87 Å². The molecule has 2 aromatic carbocycles. The number of sulfonamides is 1. The average molecular weight is 522 g/mol. The Morgan fingerprint density at radius 2 is 1.74 bits per heavy atom. The van der Waals surface area contributed by atoms with Crippen molar-refractivity contribution >= 4 is 43.0 Å². The van der Waals surface area contributed by atoms with Gasteiger partial charge < -0.3 is 9.30 Å². The molecule has 6 nitrogen and oxygen atoms in total. The highest BCUT2D eigenvalue weighted by Crippen LogP contribution is 2.24. The first-order chi connectivity index (χ1) is 15.0. The van der Waals surface area contributed by atoms with Crippen LogP contribution in [0.3, 0.4) is 0 Å². The SMILES string of the molecule is CCCn1c(-c2ccc(Br)cc2)csc1=Nc1ccc(S(=O)(=O)N2CCOCC2)cc1. The topological polar surface area (TPSA) is 63.9 Å². The normalized spacial score (nSPS) is 16.0. The summed E-state index contributed by atoms with van der Waals surface area (Å²) in [6, 6.07) is 15.1. The molecule has 1 aromatic heterocycles. The number of aromatic nitrogens is 1. The van der Waals surface area contributed by atoms with Crippen LogP contribution in [0.2, 0.25) is 0 Å². The van der Waals surface area contributed by atoms with Gasteiger partial charge in [0, 0.05) is 29.5 Å². The second kappa shape index (κ2) is 9.79. The van der Waals surface area contributed by atoms with E-state index in [9.17, 15) is 8.42 Å². The molecular formula is C22H24BrN3O3S2. The molecule has 0 bridgehead atoms. The lowest BCUT2D eigenvalue weighted by atomic mass is 10.2. The molecule has 1 fully saturated rings. The van der Waals surface area contributed by atoms with Gasteiger partial charge in [-0.25, -0.2) is 13.4 Å². The van der Waals surface area contributed by atoms with Crippen LogP contribution in [0.25, 0.3) is 11.3 Å². The van der Waals surface area contributed by atoms with E-state index in [0.29, 0.717) is 26.3 Å². The number of rotatable bonds is 6. The summed E-state index contributed by atoms with van der Waals surface area (Å²) in [4.78, 5) is 5.98. The molecule has 9 heteroatoms. The smallest absolute Gasteiger partial charge is 0.243 e. The van der Waals surface area contributed by atoms with Gasteiger partial charge in [-0.05, 0) is 48.4 Å². The third kappa shape index (κ3) is 5.01. The van der Waals surface area contributed by atoms with Crippen LogP contribution >= 0.6 is 27.3 Å². The van der Waals surface area contributed by atoms with Crippen molar-refractivity contribution in [2.75, 3.05) is 26.3 Å². The van der Waals surface area contributed by atoms with Crippen molar-refractivity contribution in [3.8, 4) is 11.3 Å². The van der Waals surface area contributed by atoms with Gasteiger partial charge in [0.05, 0.1) is 29.5 Å². The second-order valence-corrected chi connectivity index (χ2v) is 10.9. The summed E-state index contributed by atoms with van der Waals surface area (Å²) < 4.78 is 35.6. The predicted molar refractivity (Wildman–Crippen MR) is 127 cm³/mol. The quantitative estimate of drug-likeness (QED) is 0.474. The highest BCUT2D eigenvalue weighted by atomic mass is 79.9. The maximum Gasteiger partial charge on any atom is 0.243 e. The Kier molecular flexibility index (Phi) is 7.08. The molecule has 0 amide bonds. The molecule has 0 atom stereocenters. The molecule has 4 rings (SSSR count).